The van der Waals surface area contributed by atoms with E-state index in [-0.39, 0.29) is 17.3 Å². The van der Waals surface area contributed by atoms with Crippen molar-refractivity contribution >= 4 is 22.6 Å². The molecule has 9 nitrogen and oxygen atoms in total. The zero-order chi connectivity index (χ0) is 24.0. The van der Waals surface area contributed by atoms with Gasteiger partial charge < -0.3 is 15.0 Å². The Hall–Kier alpha value is -3.81. The number of hydrogen-bond donors (Lipinski definition) is 2. The lowest BCUT2D eigenvalue weighted by atomic mass is 9.75. The van der Waals surface area contributed by atoms with Crippen LogP contribution in [0.25, 0.3) is 27.9 Å². The molecule has 2 N–H and O–H groups in total. The Morgan fingerprint density at radius 3 is 2.76 bits per heavy atom. The summed E-state index contributed by atoms with van der Waals surface area (Å²) in [4.78, 5) is 13.3. The van der Waals surface area contributed by atoms with E-state index in [0.29, 0.717) is 39.7 Å². The van der Waals surface area contributed by atoms with Gasteiger partial charge in [0.2, 0.25) is 11.8 Å². The number of aromatic hydroxyl groups is 1. The average Bonchev–Trinajstić information content (AvgIpc) is 3.31. The molecule has 0 atom stereocenters. The summed E-state index contributed by atoms with van der Waals surface area (Å²) in [5.41, 5.74) is 2.21. The minimum Gasteiger partial charge on any atom is -0.493 e. The van der Waals surface area contributed by atoms with E-state index in [1.54, 1.807) is 25.3 Å². The molecule has 0 aliphatic heterocycles. The van der Waals surface area contributed by atoms with Gasteiger partial charge in [-0.25, -0.2) is 23.7 Å². The molecular weight excluding hydrogens is 442 g/mol. The van der Waals surface area contributed by atoms with Crippen LogP contribution in [0.15, 0.2) is 24.4 Å². The quantitative estimate of drug-likeness (QED) is 0.450. The molecular formula is C23H24F2N8O. The van der Waals surface area contributed by atoms with Gasteiger partial charge in [0.1, 0.15) is 11.3 Å². The number of aromatic nitrogens is 6. The molecule has 34 heavy (non-hydrogen) atoms. The molecule has 1 aliphatic rings. The van der Waals surface area contributed by atoms with Crippen molar-refractivity contribution in [2.24, 2.45) is 5.41 Å². The zero-order valence-corrected chi connectivity index (χ0v) is 18.8. The highest BCUT2D eigenvalue weighted by molar-refractivity contribution is 5.84. The predicted octanol–water partition coefficient (Wildman–Crippen LogP) is 4.30. The van der Waals surface area contributed by atoms with Crippen molar-refractivity contribution in [1.29, 1.82) is 5.26 Å². The fourth-order valence-electron chi connectivity index (χ4n) is 4.56. The number of anilines is 1. The molecule has 0 bridgehead atoms. The number of imidazole rings is 1. The van der Waals surface area contributed by atoms with Crippen LogP contribution < -0.4 is 5.32 Å². The smallest absolute Gasteiger partial charge is 0.256 e. The van der Waals surface area contributed by atoms with Crippen LogP contribution >= 0.6 is 0 Å². The first kappa shape index (κ1) is 22.0. The first-order valence-corrected chi connectivity index (χ1v) is 11.1. The molecule has 176 valence electrons. The van der Waals surface area contributed by atoms with Crippen molar-refractivity contribution in [3.8, 4) is 23.2 Å². The molecule has 0 spiro atoms. The number of fused-ring (bicyclic) bond motifs is 2. The fraction of sp³-hybridized carbons (Fsp3) is 0.435. The molecule has 11 heteroatoms. The van der Waals surface area contributed by atoms with Crippen LogP contribution in [0.4, 0.5) is 14.7 Å². The minimum absolute atomic E-state index is 0.0877. The van der Waals surface area contributed by atoms with Crippen molar-refractivity contribution in [2.75, 3.05) is 5.32 Å². The maximum Gasteiger partial charge on any atom is 0.256 e. The molecule has 0 saturated heterocycles. The Kier molecular flexibility index (Phi) is 5.31. The van der Waals surface area contributed by atoms with E-state index in [1.165, 1.54) is 15.1 Å². The van der Waals surface area contributed by atoms with E-state index in [1.807, 2.05) is 6.92 Å². The van der Waals surface area contributed by atoms with Crippen LogP contribution in [0.2, 0.25) is 0 Å². The Balaban J connectivity index is 1.45. The summed E-state index contributed by atoms with van der Waals surface area (Å²) >= 11 is 0. The maximum absolute atomic E-state index is 13.1. The second-order valence-electron chi connectivity index (χ2n) is 9.09. The van der Waals surface area contributed by atoms with Crippen molar-refractivity contribution in [2.45, 2.75) is 58.5 Å². The monoisotopic (exact) mass is 466 g/mol. The van der Waals surface area contributed by atoms with Gasteiger partial charge in [-0.3, -0.25) is 0 Å². The van der Waals surface area contributed by atoms with Gasteiger partial charge in [-0.2, -0.15) is 9.78 Å². The SMILES string of the molecule is Cc1nc2ccc(-c3cc(O)n4nc(NC5CCC(C)(C#N)CC5)ncc34)nc2n1CC(F)F. The number of hydrogen-bond acceptors (Lipinski definition) is 7. The number of pyridine rings is 1. The molecule has 1 aliphatic carbocycles. The van der Waals surface area contributed by atoms with E-state index in [9.17, 15) is 19.1 Å². The zero-order valence-electron chi connectivity index (χ0n) is 18.8. The van der Waals surface area contributed by atoms with Crippen molar-refractivity contribution < 1.29 is 13.9 Å². The molecule has 1 saturated carbocycles. The molecule has 4 aromatic rings. The number of halogens is 2. The molecule has 4 aromatic heterocycles. The average molecular weight is 466 g/mol. The highest BCUT2D eigenvalue weighted by atomic mass is 19.3. The van der Waals surface area contributed by atoms with Gasteiger partial charge in [-0.05, 0) is 51.7 Å². The summed E-state index contributed by atoms with van der Waals surface area (Å²) in [7, 11) is 0. The van der Waals surface area contributed by atoms with Gasteiger partial charge in [0.25, 0.3) is 6.43 Å². The largest absolute Gasteiger partial charge is 0.493 e. The topological polar surface area (TPSA) is 117 Å². The van der Waals surface area contributed by atoms with Gasteiger partial charge in [-0.1, -0.05) is 0 Å². The van der Waals surface area contributed by atoms with Gasteiger partial charge in [0.05, 0.1) is 35.4 Å². The van der Waals surface area contributed by atoms with E-state index in [0.717, 1.165) is 25.7 Å². The molecule has 5 rings (SSSR count). The number of aryl methyl sites for hydroxylation is 1. The van der Waals surface area contributed by atoms with Crippen LogP contribution in [0.3, 0.4) is 0 Å². The van der Waals surface area contributed by atoms with Crippen LogP contribution in [0, 0.1) is 23.7 Å². The number of nitrogens with one attached hydrogen (secondary N) is 1. The standard InChI is InChI=1S/C23H24F2N8O/c1-13-28-17-4-3-16(30-21(17)32(13)11-19(24)25)15-9-20(34)33-18(15)10-27-22(31-33)29-14-5-7-23(2,12-26)8-6-14/h3-4,9-10,14,19,34H,5-8,11H2,1-2H3,(H,29,31). The van der Waals surface area contributed by atoms with Gasteiger partial charge in [0.15, 0.2) is 5.65 Å². The lowest BCUT2D eigenvalue weighted by molar-refractivity contribution is 0.127. The van der Waals surface area contributed by atoms with Crippen LogP contribution in [-0.4, -0.2) is 46.7 Å². The summed E-state index contributed by atoms with van der Waals surface area (Å²) < 4.78 is 28.9. The molecule has 4 heterocycles. The Labute approximate surface area is 194 Å². The fourth-order valence-corrected chi connectivity index (χ4v) is 4.56. The molecule has 0 radical (unpaired) electrons. The number of nitriles is 1. The van der Waals surface area contributed by atoms with E-state index in [2.05, 4.69) is 31.4 Å². The Morgan fingerprint density at radius 1 is 1.29 bits per heavy atom. The highest BCUT2D eigenvalue weighted by Crippen LogP contribution is 2.36. The third-order valence-electron chi connectivity index (χ3n) is 6.57. The van der Waals surface area contributed by atoms with E-state index >= 15 is 0 Å². The first-order chi connectivity index (χ1) is 16.3. The van der Waals surface area contributed by atoms with Crippen LogP contribution in [0.1, 0.15) is 38.4 Å². The maximum atomic E-state index is 13.1. The normalized spacial score (nSPS) is 20.8. The first-order valence-electron chi connectivity index (χ1n) is 11.1. The van der Waals surface area contributed by atoms with Gasteiger partial charge in [0, 0.05) is 17.7 Å². The lowest BCUT2D eigenvalue weighted by Gasteiger charge is -2.32. The third-order valence-corrected chi connectivity index (χ3v) is 6.57. The second kappa shape index (κ2) is 8.20. The minimum atomic E-state index is -2.53. The summed E-state index contributed by atoms with van der Waals surface area (Å²) in [5.74, 6) is 0.751. The summed E-state index contributed by atoms with van der Waals surface area (Å²) in [6.07, 6.45) is 2.35. The summed E-state index contributed by atoms with van der Waals surface area (Å²) in [6.45, 7) is 3.16. The summed E-state index contributed by atoms with van der Waals surface area (Å²) in [5, 5.41) is 27.6. The van der Waals surface area contributed by atoms with Crippen LogP contribution in [0.5, 0.6) is 5.88 Å². The Bertz CT molecular complexity index is 1410. The molecule has 1 fully saturated rings. The van der Waals surface area contributed by atoms with Crippen molar-refractivity contribution in [3.05, 3.63) is 30.2 Å². The predicted molar refractivity (Wildman–Crippen MR) is 122 cm³/mol. The number of alkyl halides is 2. The second-order valence-corrected chi connectivity index (χ2v) is 9.09. The van der Waals surface area contributed by atoms with Gasteiger partial charge >= 0.3 is 0 Å². The van der Waals surface area contributed by atoms with Crippen molar-refractivity contribution in [1.82, 2.24) is 29.1 Å². The molecule has 0 amide bonds. The molecule has 0 unspecified atom stereocenters. The third kappa shape index (κ3) is 3.89. The number of rotatable bonds is 5. The lowest BCUT2D eigenvalue weighted by Crippen LogP contribution is -2.31. The van der Waals surface area contributed by atoms with E-state index < -0.39 is 13.0 Å². The molecule has 0 aromatic carbocycles. The summed E-state index contributed by atoms with van der Waals surface area (Å²) in [6, 6.07) is 7.53. The van der Waals surface area contributed by atoms with Crippen LogP contribution in [-0.2, 0) is 6.54 Å². The highest BCUT2D eigenvalue weighted by Gasteiger charge is 2.31. The van der Waals surface area contributed by atoms with Crippen molar-refractivity contribution in [3.63, 3.8) is 0 Å². The Morgan fingerprint density at radius 2 is 2.06 bits per heavy atom. The van der Waals surface area contributed by atoms with E-state index in [4.69, 9.17) is 0 Å². The number of nitrogens with zero attached hydrogens (tertiary/aromatic N) is 7. The van der Waals surface area contributed by atoms with Gasteiger partial charge in [-0.15, -0.1) is 5.10 Å².